The fourth-order valence-corrected chi connectivity index (χ4v) is 9.22. The number of sulfonamides is 1. The van der Waals surface area contributed by atoms with Gasteiger partial charge in [0.1, 0.15) is 47.3 Å². The predicted molar refractivity (Wildman–Crippen MR) is 368 cm³/mol. The van der Waals surface area contributed by atoms with Crippen LogP contribution in [-0.2, 0) is 107 Å². The van der Waals surface area contributed by atoms with Crippen molar-refractivity contribution in [3.05, 3.63) is 101 Å². The molecule has 29 nitrogen and oxygen atoms in total. The Morgan fingerprint density at radius 3 is 1.24 bits per heavy atom. The van der Waals surface area contributed by atoms with Crippen molar-refractivity contribution in [1.82, 2.24) is 9.55 Å². The van der Waals surface area contributed by atoms with Crippen LogP contribution in [0.5, 0.6) is 17.2 Å². The maximum absolute atomic E-state index is 14.8. The lowest BCUT2D eigenvalue weighted by Crippen LogP contribution is -2.27. The number of hydrogen-bond acceptors (Lipinski definition) is 25. The third kappa shape index (κ3) is 38.6. The molecule has 0 bridgehead atoms. The van der Waals surface area contributed by atoms with Crippen LogP contribution in [0.1, 0.15) is 38.2 Å². The van der Waals surface area contributed by atoms with Gasteiger partial charge in [0.15, 0.2) is 11.6 Å². The maximum Gasteiger partial charge on any atom is 0.332 e. The number of carbonyl (C=O) groups is 2. The highest BCUT2D eigenvalue weighted by atomic mass is 32.2. The fourth-order valence-electron chi connectivity index (χ4n) is 8.59. The molecule has 0 spiro atoms. The van der Waals surface area contributed by atoms with Gasteiger partial charge in [0.25, 0.3) is 11.5 Å². The summed E-state index contributed by atoms with van der Waals surface area (Å²) < 4.78 is 168. The summed E-state index contributed by atoms with van der Waals surface area (Å²) in [5, 5.41) is 3.09. The number of aryl methyl sites for hydroxylation is 1. The second-order valence-corrected chi connectivity index (χ2v) is 24.6. The Hall–Kier alpha value is -6.38. The summed E-state index contributed by atoms with van der Waals surface area (Å²) in [6.45, 7) is 21.3. The molecule has 0 aliphatic carbocycles. The summed E-state index contributed by atoms with van der Waals surface area (Å²) in [5.74, 6) is -2.67. The van der Waals surface area contributed by atoms with Crippen LogP contribution in [-0.4, -0.2) is 272 Å². The number of aromatic nitrogens is 2. The first-order valence-electron chi connectivity index (χ1n) is 33.6. The minimum atomic E-state index is -3.72. The molecule has 0 aliphatic heterocycles. The molecule has 0 saturated carbocycles. The Bertz CT molecular complexity index is 3230. The third-order valence-corrected chi connectivity index (χ3v) is 14.8. The van der Waals surface area contributed by atoms with E-state index in [4.69, 9.17) is 94.7 Å². The molecule has 2 aromatic heterocycles. The molecule has 2 heterocycles. The van der Waals surface area contributed by atoms with Crippen molar-refractivity contribution in [2.45, 2.75) is 33.3 Å². The van der Waals surface area contributed by atoms with Gasteiger partial charge in [-0.1, -0.05) is 0 Å². The molecule has 0 unspecified atom stereocenters. The summed E-state index contributed by atoms with van der Waals surface area (Å²) in [6.07, 6.45) is 1.48. The number of ether oxygens (including phenoxy) is 20. The van der Waals surface area contributed by atoms with Crippen LogP contribution in [0.2, 0.25) is 0 Å². The Labute approximate surface area is 589 Å². The summed E-state index contributed by atoms with van der Waals surface area (Å²) in [4.78, 5) is 41.5. The van der Waals surface area contributed by atoms with Gasteiger partial charge in [-0.2, -0.15) is 0 Å². The number of nitrogens with zero attached hydrogens (tertiary/aromatic N) is 1. The molecule has 0 radical (unpaired) electrons. The van der Waals surface area contributed by atoms with Gasteiger partial charge in [-0.05, 0) is 88.4 Å². The second-order valence-electron chi connectivity index (χ2n) is 22.6. The molecule has 3 aromatic carbocycles. The number of rotatable bonds is 62. The van der Waals surface area contributed by atoms with E-state index in [0.29, 0.717) is 241 Å². The number of pyridine rings is 1. The molecule has 32 heteroatoms. The molecule has 3 N–H and O–H groups in total. The number of hydrogen-bond donors (Lipinski definition) is 3. The predicted octanol–water partition coefficient (Wildman–Crippen LogP) is 6.62. The van der Waals surface area contributed by atoms with Crippen molar-refractivity contribution in [3.63, 3.8) is 0 Å². The number of nitrogens with one attached hydrogen (secondary N) is 3. The van der Waals surface area contributed by atoms with E-state index in [1.807, 2.05) is 0 Å². The average molecular weight is 1460 g/mol. The first-order valence-corrected chi connectivity index (χ1v) is 35.2. The molecule has 0 aliphatic rings. The number of anilines is 2. The fraction of sp³-hybridized carbons (Fsp3) is 0.609. The quantitative estimate of drug-likeness (QED) is 0.0272. The van der Waals surface area contributed by atoms with Crippen LogP contribution in [0, 0.1) is 11.6 Å². The van der Waals surface area contributed by atoms with Crippen molar-refractivity contribution in [3.8, 4) is 28.4 Å². The zero-order chi connectivity index (χ0) is 72.4. The number of benzene rings is 3. The van der Waals surface area contributed by atoms with Gasteiger partial charge in [-0.25, -0.2) is 22.0 Å². The molecule has 0 saturated heterocycles. The van der Waals surface area contributed by atoms with Gasteiger partial charge in [0, 0.05) is 47.2 Å². The molecule has 1 amide bonds. The standard InChI is InChI=1S/C69H102F2N4O25S/c1-6-101(79,80)74-56-10-14-63(99-64-13-7-54(70)49-61(64)71)58(50-56)60-52-75(5)68(78)66-59(60)51-62(73-66)67(77)72-55-8-11-57(12-9-55)98-48-47-96-44-43-94-40-39-92-36-35-90-32-31-88-28-27-86-24-23-84-20-19-82-16-15-81-17-18-83-21-22-85-25-26-87-29-30-89-33-34-91-37-38-93-41-42-95-45-46-97-53-65(76)100-69(2,3)4/h7-14,49-52,73-74H,6,15-48,53H2,1-5H3,(H,72,77). The lowest BCUT2D eigenvalue weighted by atomic mass is 10.0. The minimum Gasteiger partial charge on any atom is -0.491 e. The number of amides is 1. The normalized spacial score (nSPS) is 11.8. The number of esters is 1. The van der Waals surface area contributed by atoms with E-state index in [1.54, 1.807) is 45.0 Å². The second kappa shape index (κ2) is 51.7. The van der Waals surface area contributed by atoms with Crippen LogP contribution in [0.25, 0.3) is 22.0 Å². The van der Waals surface area contributed by atoms with Crippen molar-refractivity contribution < 1.29 is 122 Å². The first-order chi connectivity index (χ1) is 49.0. The van der Waals surface area contributed by atoms with E-state index >= 15 is 0 Å². The summed E-state index contributed by atoms with van der Waals surface area (Å²) in [5.41, 5.74) is 0.271. The number of aromatic amines is 1. The van der Waals surface area contributed by atoms with Crippen LogP contribution in [0.3, 0.4) is 0 Å². The zero-order valence-corrected chi connectivity index (χ0v) is 59.5. The Kier molecular flexibility index (Phi) is 43.7. The molecular weight excluding hydrogens is 1350 g/mol. The zero-order valence-electron chi connectivity index (χ0n) is 58.7. The van der Waals surface area contributed by atoms with Gasteiger partial charge >= 0.3 is 5.97 Å². The monoisotopic (exact) mass is 1460 g/mol. The lowest BCUT2D eigenvalue weighted by Gasteiger charge is -2.19. The summed E-state index contributed by atoms with van der Waals surface area (Å²) in [6, 6.07) is 15.2. The number of halogens is 2. The largest absolute Gasteiger partial charge is 0.491 e. The summed E-state index contributed by atoms with van der Waals surface area (Å²) in [7, 11) is -2.22. The van der Waals surface area contributed by atoms with Crippen LogP contribution >= 0.6 is 0 Å². The number of H-pyrrole nitrogens is 1. The van der Waals surface area contributed by atoms with E-state index < -0.39 is 44.7 Å². The highest BCUT2D eigenvalue weighted by Crippen LogP contribution is 2.40. The number of fused-ring (bicyclic) bond motifs is 1. The average Bonchev–Trinajstić information content (AvgIpc) is 1.68. The van der Waals surface area contributed by atoms with Crippen LogP contribution in [0.4, 0.5) is 20.2 Å². The van der Waals surface area contributed by atoms with Crippen molar-refractivity contribution in [2.24, 2.45) is 7.05 Å². The SMILES string of the molecule is CCS(=O)(=O)Nc1ccc(Oc2ccc(F)cc2F)c(-c2cn(C)c(=O)c3[nH]c(C(=O)Nc4ccc(OCCOCCOCCOCCOCCOCCOCCOCCOCCOCCOCCOCCOCCOCCOCCOCCOCCOCC(=O)OC(C)(C)C)cc4)cc23)c1. The number of carbonyl (C=O) groups excluding carboxylic acids is 2. The Balaban J connectivity index is 0.727. The molecule has 0 fully saturated rings. The van der Waals surface area contributed by atoms with E-state index in [0.717, 1.165) is 12.1 Å². The Morgan fingerprint density at radius 2 is 0.851 bits per heavy atom. The van der Waals surface area contributed by atoms with Gasteiger partial charge < -0.3 is 110 Å². The molecule has 0 atom stereocenters. The van der Waals surface area contributed by atoms with Crippen molar-refractivity contribution in [1.29, 1.82) is 0 Å². The van der Waals surface area contributed by atoms with Gasteiger partial charge in [-0.3, -0.25) is 14.3 Å². The highest BCUT2D eigenvalue weighted by molar-refractivity contribution is 7.92. The molecule has 5 rings (SSSR count). The van der Waals surface area contributed by atoms with Gasteiger partial charge in [-0.15, -0.1) is 0 Å². The third-order valence-electron chi connectivity index (χ3n) is 13.4. The molecule has 568 valence electrons. The molecule has 5 aromatic rings. The Morgan fingerprint density at radius 1 is 0.475 bits per heavy atom. The lowest BCUT2D eigenvalue weighted by molar-refractivity contribution is -0.160. The van der Waals surface area contributed by atoms with Crippen molar-refractivity contribution in [2.75, 3.05) is 247 Å². The van der Waals surface area contributed by atoms with E-state index in [2.05, 4.69) is 15.0 Å². The van der Waals surface area contributed by atoms with E-state index in [-0.39, 0.29) is 58.3 Å². The van der Waals surface area contributed by atoms with Crippen LogP contribution in [0.15, 0.2) is 77.7 Å². The van der Waals surface area contributed by atoms with Gasteiger partial charge in [0.05, 0.1) is 224 Å². The minimum absolute atomic E-state index is 0.0347. The first kappa shape index (κ1) is 85.3. The smallest absolute Gasteiger partial charge is 0.332 e. The molecular formula is C69H102F2N4O25S. The van der Waals surface area contributed by atoms with E-state index in [1.165, 1.54) is 49.0 Å². The van der Waals surface area contributed by atoms with Crippen LogP contribution < -0.4 is 25.1 Å². The van der Waals surface area contributed by atoms with Gasteiger partial charge in [0.2, 0.25) is 10.0 Å². The van der Waals surface area contributed by atoms with E-state index in [9.17, 15) is 31.6 Å². The highest BCUT2D eigenvalue weighted by Gasteiger charge is 2.22. The maximum atomic E-state index is 14.8. The van der Waals surface area contributed by atoms with Crippen molar-refractivity contribution >= 4 is 44.2 Å². The summed E-state index contributed by atoms with van der Waals surface area (Å²) >= 11 is 0. The molecule has 101 heavy (non-hydrogen) atoms. The topological polar surface area (TPSA) is 315 Å².